The zero-order valence-corrected chi connectivity index (χ0v) is 29.5. The Morgan fingerprint density at radius 3 is 2.41 bits per heavy atom. The number of esters is 1. The van der Waals surface area contributed by atoms with Crippen molar-refractivity contribution in [2.75, 3.05) is 0 Å². The molecule has 1 aromatic heterocycles. The van der Waals surface area contributed by atoms with Gasteiger partial charge in [0.05, 0.1) is 11.7 Å². The van der Waals surface area contributed by atoms with Gasteiger partial charge in [0.25, 0.3) is 0 Å². The molecule has 250 valence electrons. The van der Waals surface area contributed by atoms with Gasteiger partial charge in [-0.15, -0.1) is 0 Å². The molecule has 5 nitrogen and oxygen atoms in total. The Labute approximate surface area is 276 Å². The van der Waals surface area contributed by atoms with Crippen molar-refractivity contribution in [3.8, 4) is 0 Å². The molecule has 5 fully saturated rings. The third-order valence-corrected chi connectivity index (χ3v) is 15.7. The molecule has 5 heteroatoms. The van der Waals surface area contributed by atoms with E-state index in [4.69, 9.17) is 9.15 Å². The van der Waals surface area contributed by atoms with E-state index in [2.05, 4.69) is 65.6 Å². The number of carbonyl (C=O) groups excluding carboxylic acids is 2. The number of fused-ring (bicyclic) bond motifs is 8. The predicted molar refractivity (Wildman–Crippen MR) is 183 cm³/mol. The summed E-state index contributed by atoms with van der Waals surface area (Å²) >= 11 is 0. The molecule has 0 radical (unpaired) electrons. The van der Waals surface area contributed by atoms with Crippen LogP contribution in [0.1, 0.15) is 118 Å². The molecule has 1 heterocycles. The van der Waals surface area contributed by atoms with Crippen LogP contribution in [0.15, 0.2) is 47.1 Å². The molecule has 0 aliphatic heterocycles. The summed E-state index contributed by atoms with van der Waals surface area (Å²) in [6.45, 7) is 21.5. The molecule has 1 N–H and O–H groups in total. The number of hydrogen-bond acceptors (Lipinski definition) is 4. The minimum atomic E-state index is -0.318. The van der Waals surface area contributed by atoms with Crippen molar-refractivity contribution >= 4 is 22.8 Å². The second kappa shape index (κ2) is 10.7. The van der Waals surface area contributed by atoms with Crippen molar-refractivity contribution in [3.63, 3.8) is 0 Å². The SMILES string of the molecule is C=C(C)[C@@H]1CC[C@]2(C(=O)NCc3ccc4occc4c3)CC[C@]3(C)[C@H](CC[C@@H]4[C@@]5(C)CC[C@H](OC(C)=O)C(C)(C)[C@@H]5CC[C@]43C)[C@@H]12. The normalized spacial score (nSPS) is 42.7. The highest BCUT2D eigenvalue weighted by Crippen LogP contribution is 2.77. The van der Waals surface area contributed by atoms with Crippen LogP contribution in [0.2, 0.25) is 0 Å². The van der Waals surface area contributed by atoms with Crippen LogP contribution in [0.3, 0.4) is 0 Å². The van der Waals surface area contributed by atoms with Gasteiger partial charge in [0, 0.05) is 24.3 Å². The number of allylic oxidation sites excluding steroid dienone is 1. The van der Waals surface area contributed by atoms with Crippen molar-refractivity contribution < 1.29 is 18.7 Å². The first-order valence-corrected chi connectivity index (χ1v) is 18.2. The van der Waals surface area contributed by atoms with Gasteiger partial charge in [-0.25, -0.2) is 0 Å². The monoisotopic (exact) mass is 627 g/mol. The lowest BCUT2D eigenvalue weighted by atomic mass is 9.32. The number of hydrogen-bond donors (Lipinski definition) is 1. The van der Waals surface area contributed by atoms with Gasteiger partial charge in [-0.3, -0.25) is 9.59 Å². The number of nitrogens with one attached hydrogen (secondary N) is 1. The van der Waals surface area contributed by atoms with Crippen LogP contribution < -0.4 is 5.32 Å². The molecule has 2 aromatic rings. The second-order valence-corrected chi connectivity index (χ2v) is 17.8. The number of furan rings is 1. The third-order valence-electron chi connectivity index (χ3n) is 15.7. The van der Waals surface area contributed by atoms with E-state index >= 15 is 0 Å². The number of rotatable bonds is 5. The van der Waals surface area contributed by atoms with Crippen molar-refractivity contribution in [3.05, 3.63) is 48.2 Å². The molecular formula is C41H57NO4. The molecule has 5 aliphatic carbocycles. The molecule has 5 saturated carbocycles. The quantitative estimate of drug-likeness (QED) is 0.265. The molecule has 10 atom stereocenters. The van der Waals surface area contributed by atoms with E-state index < -0.39 is 0 Å². The summed E-state index contributed by atoms with van der Waals surface area (Å²) in [6, 6.07) is 8.21. The summed E-state index contributed by atoms with van der Waals surface area (Å²) in [4.78, 5) is 26.6. The zero-order valence-electron chi connectivity index (χ0n) is 29.5. The average molecular weight is 628 g/mol. The van der Waals surface area contributed by atoms with Gasteiger partial charge in [0.2, 0.25) is 5.91 Å². The molecular weight excluding hydrogens is 570 g/mol. The van der Waals surface area contributed by atoms with Crippen molar-refractivity contribution in [1.29, 1.82) is 0 Å². The lowest BCUT2D eigenvalue weighted by Crippen LogP contribution is -2.67. The lowest BCUT2D eigenvalue weighted by molar-refractivity contribution is -0.248. The van der Waals surface area contributed by atoms with Crippen LogP contribution in [0.25, 0.3) is 11.0 Å². The third kappa shape index (κ3) is 4.38. The highest BCUT2D eigenvalue weighted by atomic mass is 16.5. The van der Waals surface area contributed by atoms with Crippen molar-refractivity contribution in [2.24, 2.45) is 56.7 Å². The summed E-state index contributed by atoms with van der Waals surface area (Å²) in [7, 11) is 0. The Kier molecular flexibility index (Phi) is 7.46. The number of amides is 1. The van der Waals surface area contributed by atoms with Crippen LogP contribution in [0.5, 0.6) is 0 Å². The van der Waals surface area contributed by atoms with E-state index in [9.17, 15) is 9.59 Å². The maximum absolute atomic E-state index is 14.5. The molecule has 1 aromatic carbocycles. The summed E-state index contributed by atoms with van der Waals surface area (Å²) in [5.74, 6) is 2.58. The number of carbonyl (C=O) groups is 2. The first-order valence-electron chi connectivity index (χ1n) is 18.2. The van der Waals surface area contributed by atoms with Gasteiger partial charge in [0.15, 0.2) is 0 Å². The van der Waals surface area contributed by atoms with Gasteiger partial charge in [-0.2, -0.15) is 0 Å². The van der Waals surface area contributed by atoms with E-state index in [1.807, 2.05) is 12.1 Å². The molecule has 0 bridgehead atoms. The standard InChI is InChI=1S/C41H57NO4/c1-25(2)29-13-19-41(36(44)42-24-27-9-11-31-28(23-27)16-22-45-31)21-20-39(7)30(35(29)41)10-12-33-38(6)17-15-34(46-26(3)43)37(4,5)32(38)14-18-40(33,39)8/h9,11,16,22-23,29-30,32-35H,1,10,12-15,17-21,24H2,2-8H3,(H,42,44)/t29-,30+,32-,33+,34-,35+,38-,39+,40+,41-/m0/s1. The highest BCUT2D eigenvalue weighted by Gasteiger charge is 2.72. The Morgan fingerprint density at radius 1 is 0.891 bits per heavy atom. The minimum absolute atomic E-state index is 0.00424. The molecule has 0 spiro atoms. The molecule has 7 rings (SSSR count). The predicted octanol–water partition coefficient (Wildman–Crippen LogP) is 9.64. The van der Waals surface area contributed by atoms with Gasteiger partial charge in [0.1, 0.15) is 11.7 Å². The van der Waals surface area contributed by atoms with Gasteiger partial charge < -0.3 is 14.5 Å². The molecule has 0 unspecified atom stereocenters. The fourth-order valence-corrected chi connectivity index (χ4v) is 13.4. The van der Waals surface area contributed by atoms with E-state index in [-0.39, 0.29) is 45.1 Å². The average Bonchev–Trinajstić information content (AvgIpc) is 3.63. The van der Waals surface area contributed by atoms with Gasteiger partial charge in [-0.1, -0.05) is 52.8 Å². The first kappa shape index (κ1) is 32.0. The van der Waals surface area contributed by atoms with Crippen molar-refractivity contribution in [2.45, 2.75) is 125 Å². The Balaban J connectivity index is 1.18. The fourth-order valence-electron chi connectivity index (χ4n) is 13.4. The Morgan fingerprint density at radius 2 is 1.67 bits per heavy atom. The maximum Gasteiger partial charge on any atom is 0.302 e. The molecule has 1 amide bonds. The summed E-state index contributed by atoms with van der Waals surface area (Å²) in [6.07, 6.45) is 12.8. The van der Waals surface area contributed by atoms with E-state index in [1.165, 1.54) is 31.3 Å². The summed E-state index contributed by atoms with van der Waals surface area (Å²) in [5, 5.41) is 4.54. The summed E-state index contributed by atoms with van der Waals surface area (Å²) in [5.41, 5.74) is 3.55. The first-order chi connectivity index (χ1) is 21.7. The molecule has 46 heavy (non-hydrogen) atoms. The maximum atomic E-state index is 14.5. The lowest BCUT2D eigenvalue weighted by Gasteiger charge is -2.72. The Hall–Kier alpha value is -2.56. The molecule has 0 saturated heterocycles. The zero-order chi connectivity index (χ0) is 32.9. The van der Waals surface area contributed by atoms with Gasteiger partial charge in [-0.05, 0) is 141 Å². The summed E-state index contributed by atoms with van der Waals surface area (Å²) < 4.78 is 11.5. The van der Waals surface area contributed by atoms with Crippen LogP contribution in [-0.4, -0.2) is 18.0 Å². The van der Waals surface area contributed by atoms with Crippen LogP contribution in [0.4, 0.5) is 0 Å². The number of benzene rings is 1. The highest BCUT2D eigenvalue weighted by molar-refractivity contribution is 5.84. The van der Waals surface area contributed by atoms with Crippen molar-refractivity contribution in [1.82, 2.24) is 5.32 Å². The van der Waals surface area contributed by atoms with E-state index in [1.54, 1.807) is 13.2 Å². The largest absolute Gasteiger partial charge is 0.464 e. The fraction of sp³-hybridized carbons (Fsp3) is 0.707. The topological polar surface area (TPSA) is 68.5 Å². The smallest absolute Gasteiger partial charge is 0.302 e. The van der Waals surface area contributed by atoms with Crippen LogP contribution >= 0.6 is 0 Å². The minimum Gasteiger partial charge on any atom is -0.464 e. The van der Waals surface area contributed by atoms with Crippen LogP contribution in [-0.2, 0) is 20.9 Å². The van der Waals surface area contributed by atoms with Crippen LogP contribution in [0, 0.1) is 56.7 Å². The second-order valence-electron chi connectivity index (χ2n) is 17.8. The Bertz CT molecular complexity index is 1550. The number of ether oxygens (including phenoxy) is 1. The molecule has 5 aliphatic rings. The van der Waals surface area contributed by atoms with E-state index in [0.717, 1.165) is 55.1 Å². The van der Waals surface area contributed by atoms with E-state index in [0.29, 0.717) is 36.1 Å². The van der Waals surface area contributed by atoms with Gasteiger partial charge >= 0.3 is 5.97 Å².